The van der Waals surface area contributed by atoms with Crippen molar-refractivity contribution in [2.45, 2.75) is 39.2 Å². The molecule has 0 spiro atoms. The van der Waals surface area contributed by atoms with Crippen LogP contribution in [-0.2, 0) is 16.1 Å². The number of ether oxygens (including phenoxy) is 2. The summed E-state index contributed by atoms with van der Waals surface area (Å²) in [6.07, 6.45) is 4.67. The molecular formula is C22H32N2O4. The molecule has 1 amide bonds. The van der Waals surface area contributed by atoms with Crippen molar-refractivity contribution in [1.29, 1.82) is 0 Å². The highest BCUT2D eigenvalue weighted by Crippen LogP contribution is 2.33. The summed E-state index contributed by atoms with van der Waals surface area (Å²) in [5.74, 6) is 2.20. The fourth-order valence-corrected chi connectivity index (χ4v) is 4.66. The van der Waals surface area contributed by atoms with E-state index in [-0.39, 0.29) is 11.9 Å². The lowest BCUT2D eigenvalue weighted by Gasteiger charge is -2.40. The van der Waals surface area contributed by atoms with E-state index >= 15 is 0 Å². The summed E-state index contributed by atoms with van der Waals surface area (Å²) in [5, 5.41) is 0. The molecule has 3 rings (SSSR count). The topological polar surface area (TPSA) is 59.1 Å². The Morgan fingerprint density at radius 1 is 1.00 bits per heavy atom. The molecule has 2 aliphatic heterocycles. The van der Waals surface area contributed by atoms with Crippen LogP contribution in [0.3, 0.4) is 0 Å². The fraction of sp³-hybridized carbons (Fsp3) is 0.636. The molecule has 2 aliphatic rings. The minimum absolute atomic E-state index is 0.205. The maximum Gasteiger partial charge on any atom is 0.337 e. The van der Waals surface area contributed by atoms with Gasteiger partial charge in [-0.1, -0.05) is 0 Å². The summed E-state index contributed by atoms with van der Waals surface area (Å²) >= 11 is 0. The Kier molecular flexibility index (Phi) is 6.94. The first-order valence-corrected chi connectivity index (χ1v) is 10.2. The number of esters is 1. The van der Waals surface area contributed by atoms with E-state index in [4.69, 9.17) is 9.47 Å². The van der Waals surface area contributed by atoms with Gasteiger partial charge in [-0.15, -0.1) is 0 Å². The highest BCUT2D eigenvalue weighted by atomic mass is 16.5. The number of hydrogen-bond donors (Lipinski definition) is 0. The minimum Gasteiger partial charge on any atom is -0.496 e. The average Bonchev–Trinajstić information content (AvgIpc) is 2.73. The summed E-state index contributed by atoms with van der Waals surface area (Å²) in [7, 11) is 3.06. The van der Waals surface area contributed by atoms with Gasteiger partial charge in [0.05, 0.1) is 19.8 Å². The standard InChI is InChI=1S/C22H32N2O4/c1-16(25)24-12-8-18(9-13-24)17-6-10-23(11-7-17)15-20-14-19(22(26)28-3)4-5-21(20)27-2/h4-5,14,17-18H,6-13,15H2,1-3H3. The van der Waals surface area contributed by atoms with Gasteiger partial charge in [0.2, 0.25) is 5.91 Å². The van der Waals surface area contributed by atoms with Crippen molar-refractivity contribution in [3.63, 3.8) is 0 Å². The quantitative estimate of drug-likeness (QED) is 0.726. The van der Waals surface area contributed by atoms with Gasteiger partial charge in [0.1, 0.15) is 5.75 Å². The molecule has 0 bridgehead atoms. The lowest BCUT2D eigenvalue weighted by Crippen LogP contribution is -2.42. The highest BCUT2D eigenvalue weighted by Gasteiger charge is 2.30. The van der Waals surface area contributed by atoms with Crippen LogP contribution in [0.2, 0.25) is 0 Å². The number of rotatable bonds is 5. The predicted molar refractivity (Wildman–Crippen MR) is 107 cm³/mol. The Morgan fingerprint density at radius 3 is 2.14 bits per heavy atom. The number of hydrogen-bond acceptors (Lipinski definition) is 5. The molecule has 6 heteroatoms. The third kappa shape index (κ3) is 4.85. The zero-order valence-corrected chi connectivity index (χ0v) is 17.3. The molecule has 0 aliphatic carbocycles. The molecular weight excluding hydrogens is 356 g/mol. The lowest BCUT2D eigenvalue weighted by molar-refractivity contribution is -0.130. The largest absolute Gasteiger partial charge is 0.496 e. The van der Waals surface area contributed by atoms with Crippen LogP contribution in [0.4, 0.5) is 0 Å². The Hall–Kier alpha value is -2.08. The van der Waals surface area contributed by atoms with Crippen LogP contribution >= 0.6 is 0 Å². The third-order valence-electron chi connectivity index (χ3n) is 6.38. The van der Waals surface area contributed by atoms with E-state index in [1.807, 2.05) is 17.0 Å². The maximum absolute atomic E-state index is 11.8. The smallest absolute Gasteiger partial charge is 0.337 e. The van der Waals surface area contributed by atoms with Crippen molar-refractivity contribution in [3.8, 4) is 5.75 Å². The van der Waals surface area contributed by atoms with E-state index in [9.17, 15) is 9.59 Å². The van der Waals surface area contributed by atoms with Crippen LogP contribution in [0.1, 0.15) is 48.5 Å². The molecule has 2 saturated heterocycles. The molecule has 1 aromatic rings. The number of carbonyl (C=O) groups is 2. The number of methoxy groups -OCH3 is 2. The Morgan fingerprint density at radius 2 is 1.61 bits per heavy atom. The summed E-state index contributed by atoms with van der Waals surface area (Å²) in [6.45, 7) is 6.40. The Bertz CT molecular complexity index is 690. The van der Waals surface area contributed by atoms with E-state index in [1.54, 1.807) is 20.1 Å². The van der Waals surface area contributed by atoms with Crippen LogP contribution in [0, 0.1) is 11.8 Å². The second-order valence-corrected chi connectivity index (χ2v) is 7.98. The first kappa shape index (κ1) is 20.6. The molecule has 0 saturated carbocycles. The lowest BCUT2D eigenvalue weighted by atomic mass is 9.78. The van der Waals surface area contributed by atoms with E-state index in [2.05, 4.69) is 4.90 Å². The average molecular weight is 389 g/mol. The van der Waals surface area contributed by atoms with Crippen LogP contribution < -0.4 is 4.74 Å². The fourth-order valence-electron chi connectivity index (χ4n) is 4.66. The van der Waals surface area contributed by atoms with Crippen molar-refractivity contribution in [3.05, 3.63) is 29.3 Å². The van der Waals surface area contributed by atoms with Crippen molar-refractivity contribution >= 4 is 11.9 Å². The molecule has 0 N–H and O–H groups in total. The summed E-state index contributed by atoms with van der Waals surface area (Å²) in [4.78, 5) is 27.8. The van der Waals surface area contributed by atoms with Gasteiger partial charge in [-0.2, -0.15) is 0 Å². The van der Waals surface area contributed by atoms with Gasteiger partial charge >= 0.3 is 5.97 Å². The number of nitrogens with zero attached hydrogens (tertiary/aromatic N) is 2. The first-order valence-electron chi connectivity index (χ1n) is 10.2. The number of piperidine rings is 2. The zero-order chi connectivity index (χ0) is 20.1. The van der Waals surface area contributed by atoms with E-state index in [0.29, 0.717) is 5.56 Å². The second kappa shape index (κ2) is 9.41. The van der Waals surface area contributed by atoms with Crippen molar-refractivity contribution in [1.82, 2.24) is 9.80 Å². The van der Waals surface area contributed by atoms with Crippen LogP contribution in [0.25, 0.3) is 0 Å². The predicted octanol–water partition coefficient (Wildman–Crippen LogP) is 2.95. The van der Waals surface area contributed by atoms with Gasteiger partial charge in [-0.05, 0) is 68.8 Å². The molecule has 0 radical (unpaired) electrons. The number of likely N-dealkylation sites (tertiary alicyclic amines) is 2. The Balaban J connectivity index is 1.54. The molecule has 0 atom stereocenters. The molecule has 0 aromatic heterocycles. The first-order chi connectivity index (χ1) is 13.5. The summed E-state index contributed by atoms with van der Waals surface area (Å²) < 4.78 is 10.3. The van der Waals surface area contributed by atoms with Crippen LogP contribution in [0.5, 0.6) is 5.75 Å². The Labute approximate surface area is 167 Å². The van der Waals surface area contributed by atoms with E-state index < -0.39 is 0 Å². The number of carbonyl (C=O) groups excluding carboxylic acids is 2. The SMILES string of the molecule is COC(=O)c1ccc(OC)c(CN2CCC(C3CCN(C(C)=O)CC3)CC2)c1. The molecule has 28 heavy (non-hydrogen) atoms. The van der Waals surface area contributed by atoms with Crippen molar-refractivity contribution in [2.75, 3.05) is 40.4 Å². The molecule has 1 aromatic carbocycles. The normalized spacial score (nSPS) is 19.5. The second-order valence-electron chi connectivity index (χ2n) is 7.98. The van der Waals surface area contributed by atoms with Gasteiger partial charge in [0.25, 0.3) is 0 Å². The third-order valence-corrected chi connectivity index (χ3v) is 6.38. The molecule has 0 unspecified atom stereocenters. The molecule has 154 valence electrons. The van der Waals surface area contributed by atoms with Gasteiger partial charge in [0.15, 0.2) is 0 Å². The van der Waals surface area contributed by atoms with Crippen molar-refractivity contribution in [2.24, 2.45) is 11.8 Å². The molecule has 6 nitrogen and oxygen atoms in total. The van der Waals surface area contributed by atoms with Gasteiger partial charge in [0, 0.05) is 32.1 Å². The summed E-state index contributed by atoms with van der Waals surface area (Å²) in [6, 6.07) is 5.47. The monoisotopic (exact) mass is 388 g/mol. The van der Waals surface area contributed by atoms with Gasteiger partial charge in [-0.25, -0.2) is 4.79 Å². The zero-order valence-electron chi connectivity index (χ0n) is 17.3. The maximum atomic E-state index is 11.8. The molecule has 2 heterocycles. The molecule has 2 fully saturated rings. The van der Waals surface area contributed by atoms with E-state index in [1.165, 1.54) is 20.0 Å². The van der Waals surface area contributed by atoms with Crippen LogP contribution in [0.15, 0.2) is 18.2 Å². The number of amides is 1. The van der Waals surface area contributed by atoms with Crippen LogP contribution in [-0.4, -0.2) is 62.1 Å². The van der Waals surface area contributed by atoms with Crippen molar-refractivity contribution < 1.29 is 19.1 Å². The minimum atomic E-state index is -0.320. The number of benzene rings is 1. The van der Waals surface area contributed by atoms with Gasteiger partial charge < -0.3 is 14.4 Å². The summed E-state index contributed by atoms with van der Waals surface area (Å²) in [5.41, 5.74) is 1.59. The highest BCUT2D eigenvalue weighted by molar-refractivity contribution is 5.89. The van der Waals surface area contributed by atoms with Gasteiger partial charge in [-0.3, -0.25) is 9.69 Å². The van der Waals surface area contributed by atoms with E-state index in [0.717, 1.165) is 68.7 Å².